The van der Waals surface area contributed by atoms with E-state index < -0.39 is 0 Å². The van der Waals surface area contributed by atoms with Crippen molar-refractivity contribution in [3.63, 3.8) is 0 Å². The van der Waals surface area contributed by atoms with Gasteiger partial charge in [0.05, 0.1) is 11.4 Å². The lowest BCUT2D eigenvalue weighted by Crippen LogP contribution is -2.00. The van der Waals surface area contributed by atoms with E-state index in [0.29, 0.717) is 5.75 Å². The minimum absolute atomic E-state index is 0.294. The van der Waals surface area contributed by atoms with E-state index in [2.05, 4.69) is 16.0 Å². The number of rotatable bonds is 1. The molecule has 0 saturated carbocycles. The summed E-state index contributed by atoms with van der Waals surface area (Å²) in [7, 11) is 0. The minimum atomic E-state index is 0.294. The number of H-pyrrole nitrogens is 1. The Morgan fingerprint density at radius 2 is 1.79 bits per heavy atom. The fourth-order valence-corrected chi connectivity index (χ4v) is 2.61. The topological polar surface area (TPSA) is 48.4 Å². The van der Waals surface area contributed by atoms with Gasteiger partial charge in [0.25, 0.3) is 0 Å². The van der Waals surface area contributed by atoms with Gasteiger partial charge in [-0.05, 0) is 23.8 Å². The SMILES string of the molecule is Oc1c(C2=Nc3ccccc3C2)[nH]c2ccccc12. The monoisotopic (exact) mass is 248 g/mol. The van der Waals surface area contributed by atoms with Gasteiger partial charge >= 0.3 is 0 Å². The number of aromatic hydroxyl groups is 1. The van der Waals surface area contributed by atoms with Crippen LogP contribution in [-0.2, 0) is 6.42 Å². The molecule has 0 fully saturated rings. The summed E-state index contributed by atoms with van der Waals surface area (Å²) in [5.41, 5.74) is 4.77. The van der Waals surface area contributed by atoms with Gasteiger partial charge in [-0.3, -0.25) is 4.99 Å². The van der Waals surface area contributed by atoms with Crippen molar-refractivity contribution in [2.75, 3.05) is 0 Å². The van der Waals surface area contributed by atoms with Gasteiger partial charge in [0, 0.05) is 17.3 Å². The number of nitrogens with one attached hydrogen (secondary N) is 1. The number of benzene rings is 2. The molecule has 4 rings (SSSR count). The molecular weight excluding hydrogens is 236 g/mol. The molecule has 0 saturated heterocycles. The fraction of sp³-hybridized carbons (Fsp3) is 0.0625. The van der Waals surface area contributed by atoms with E-state index in [1.54, 1.807) is 0 Å². The molecule has 0 spiro atoms. The van der Waals surface area contributed by atoms with Crippen molar-refractivity contribution in [2.45, 2.75) is 6.42 Å². The highest BCUT2D eigenvalue weighted by Gasteiger charge is 2.20. The molecule has 2 aromatic carbocycles. The first-order chi connectivity index (χ1) is 9.33. The second-order valence-corrected chi connectivity index (χ2v) is 4.76. The number of fused-ring (bicyclic) bond motifs is 2. The Kier molecular flexibility index (Phi) is 2.03. The van der Waals surface area contributed by atoms with Crippen LogP contribution in [0.2, 0.25) is 0 Å². The number of hydrogen-bond acceptors (Lipinski definition) is 2. The molecule has 3 nitrogen and oxygen atoms in total. The third-order valence-corrected chi connectivity index (χ3v) is 3.57. The Bertz CT molecular complexity index is 814. The molecule has 0 unspecified atom stereocenters. The average Bonchev–Trinajstić information content (AvgIpc) is 3.00. The maximum Gasteiger partial charge on any atom is 0.150 e. The minimum Gasteiger partial charge on any atom is -0.505 e. The molecule has 1 aliphatic rings. The fourth-order valence-electron chi connectivity index (χ4n) is 2.61. The summed E-state index contributed by atoms with van der Waals surface area (Å²) < 4.78 is 0. The Labute approximate surface area is 110 Å². The third kappa shape index (κ3) is 1.48. The van der Waals surface area contributed by atoms with Crippen LogP contribution in [0.15, 0.2) is 53.5 Å². The van der Waals surface area contributed by atoms with Gasteiger partial charge in [-0.1, -0.05) is 30.3 Å². The van der Waals surface area contributed by atoms with Crippen LogP contribution in [0.1, 0.15) is 11.3 Å². The normalized spacial score (nSPS) is 13.6. The van der Waals surface area contributed by atoms with E-state index in [9.17, 15) is 5.11 Å². The standard InChI is InChI=1S/C16H12N2O/c19-16-11-6-2-4-8-13(11)18-15(16)14-9-10-5-1-3-7-12(10)17-14/h1-8,18-19H,9H2. The second kappa shape index (κ2) is 3.72. The largest absolute Gasteiger partial charge is 0.505 e. The van der Waals surface area contributed by atoms with Crippen LogP contribution < -0.4 is 0 Å². The summed E-state index contributed by atoms with van der Waals surface area (Å²) in [6.45, 7) is 0. The van der Waals surface area contributed by atoms with Gasteiger partial charge in [0.1, 0.15) is 11.4 Å². The van der Waals surface area contributed by atoms with E-state index in [0.717, 1.165) is 34.4 Å². The molecule has 0 radical (unpaired) electrons. The molecule has 2 N–H and O–H groups in total. The summed E-state index contributed by atoms with van der Waals surface area (Å²) in [5, 5.41) is 11.2. The van der Waals surface area contributed by atoms with Crippen molar-refractivity contribution >= 4 is 22.3 Å². The van der Waals surface area contributed by atoms with Crippen LogP contribution in [0, 0.1) is 0 Å². The van der Waals surface area contributed by atoms with Gasteiger partial charge in [-0.2, -0.15) is 0 Å². The average molecular weight is 248 g/mol. The van der Waals surface area contributed by atoms with Crippen LogP contribution in [0.3, 0.4) is 0 Å². The predicted molar refractivity (Wildman–Crippen MR) is 76.3 cm³/mol. The van der Waals surface area contributed by atoms with Crippen molar-refractivity contribution in [1.82, 2.24) is 4.98 Å². The Morgan fingerprint density at radius 3 is 2.63 bits per heavy atom. The quantitative estimate of drug-likeness (QED) is 0.679. The molecule has 19 heavy (non-hydrogen) atoms. The number of nitrogens with zero attached hydrogens (tertiary/aromatic N) is 1. The molecule has 3 aromatic rings. The zero-order valence-corrected chi connectivity index (χ0v) is 10.2. The van der Waals surface area contributed by atoms with Crippen molar-refractivity contribution in [1.29, 1.82) is 0 Å². The van der Waals surface area contributed by atoms with Crippen LogP contribution in [0.4, 0.5) is 5.69 Å². The molecule has 3 heteroatoms. The molecule has 0 aliphatic carbocycles. The molecule has 1 aliphatic heterocycles. The van der Waals surface area contributed by atoms with E-state index in [4.69, 9.17) is 0 Å². The van der Waals surface area contributed by atoms with Gasteiger partial charge in [-0.15, -0.1) is 0 Å². The summed E-state index contributed by atoms with van der Waals surface area (Å²) in [6.07, 6.45) is 0.760. The number of aromatic amines is 1. The highest BCUT2D eigenvalue weighted by Crippen LogP contribution is 2.34. The molecule has 92 valence electrons. The van der Waals surface area contributed by atoms with Crippen molar-refractivity contribution in [2.24, 2.45) is 4.99 Å². The van der Waals surface area contributed by atoms with Gasteiger partial charge < -0.3 is 10.1 Å². The van der Waals surface area contributed by atoms with Crippen LogP contribution >= 0.6 is 0 Å². The highest BCUT2D eigenvalue weighted by molar-refractivity contribution is 6.11. The summed E-state index contributed by atoms with van der Waals surface area (Å²) in [6, 6.07) is 15.8. The zero-order valence-electron chi connectivity index (χ0n) is 10.2. The van der Waals surface area contributed by atoms with Crippen LogP contribution in [-0.4, -0.2) is 15.8 Å². The highest BCUT2D eigenvalue weighted by atomic mass is 16.3. The summed E-state index contributed by atoms with van der Waals surface area (Å²) in [4.78, 5) is 7.86. The van der Waals surface area contributed by atoms with E-state index in [1.807, 2.05) is 42.5 Å². The summed E-state index contributed by atoms with van der Waals surface area (Å²) >= 11 is 0. The molecule has 0 atom stereocenters. The van der Waals surface area contributed by atoms with E-state index >= 15 is 0 Å². The van der Waals surface area contributed by atoms with Crippen molar-refractivity contribution < 1.29 is 5.11 Å². The number of aliphatic imine (C=N–C) groups is 1. The Balaban J connectivity index is 1.87. The van der Waals surface area contributed by atoms with Crippen molar-refractivity contribution in [3.05, 3.63) is 59.8 Å². The first-order valence-corrected chi connectivity index (χ1v) is 6.28. The molecule has 0 bridgehead atoms. The number of aromatic nitrogens is 1. The van der Waals surface area contributed by atoms with Crippen LogP contribution in [0.5, 0.6) is 5.75 Å². The van der Waals surface area contributed by atoms with Gasteiger partial charge in [-0.25, -0.2) is 0 Å². The molecule has 1 aromatic heterocycles. The molecular formula is C16H12N2O. The Morgan fingerprint density at radius 1 is 1.00 bits per heavy atom. The second-order valence-electron chi connectivity index (χ2n) is 4.76. The Hall–Kier alpha value is -2.55. The zero-order chi connectivity index (χ0) is 12.8. The third-order valence-electron chi connectivity index (χ3n) is 3.57. The number of hydrogen-bond donors (Lipinski definition) is 2. The van der Waals surface area contributed by atoms with Gasteiger partial charge in [0.2, 0.25) is 0 Å². The molecule has 0 amide bonds. The van der Waals surface area contributed by atoms with E-state index in [1.165, 1.54) is 5.56 Å². The smallest absolute Gasteiger partial charge is 0.150 e. The first-order valence-electron chi connectivity index (χ1n) is 6.28. The number of para-hydroxylation sites is 2. The lowest BCUT2D eigenvalue weighted by atomic mass is 10.1. The first kappa shape index (κ1) is 10.4. The molecule has 2 heterocycles. The lowest BCUT2D eigenvalue weighted by Gasteiger charge is -1.97. The summed E-state index contributed by atoms with van der Waals surface area (Å²) in [5.74, 6) is 0.294. The van der Waals surface area contributed by atoms with Crippen LogP contribution in [0.25, 0.3) is 10.9 Å². The van der Waals surface area contributed by atoms with Gasteiger partial charge in [0.15, 0.2) is 0 Å². The van der Waals surface area contributed by atoms with Crippen molar-refractivity contribution in [3.8, 4) is 5.75 Å². The lowest BCUT2D eigenvalue weighted by molar-refractivity contribution is 0.480. The predicted octanol–water partition coefficient (Wildman–Crippen LogP) is 3.55. The maximum atomic E-state index is 10.3. The maximum absolute atomic E-state index is 10.3. The van der Waals surface area contributed by atoms with E-state index in [-0.39, 0.29) is 0 Å².